The fourth-order valence-electron chi connectivity index (χ4n) is 3.08. The summed E-state index contributed by atoms with van der Waals surface area (Å²) in [5.41, 5.74) is 4.01. The number of H-pyrrole nitrogens is 1. The first-order valence-electron chi connectivity index (χ1n) is 8.29. The van der Waals surface area contributed by atoms with Gasteiger partial charge in [-0.3, -0.25) is 4.79 Å². The summed E-state index contributed by atoms with van der Waals surface area (Å²) < 4.78 is 5.31. The zero-order valence-corrected chi connectivity index (χ0v) is 13.8. The third-order valence-electron chi connectivity index (χ3n) is 4.47. The van der Waals surface area contributed by atoms with Crippen LogP contribution in [0.25, 0.3) is 16.5 Å². The number of pyridine rings is 1. The number of allylic oxidation sites excluding steroid dienone is 2. The first kappa shape index (κ1) is 15.8. The highest BCUT2D eigenvalue weighted by Gasteiger charge is 2.13. The number of fused-ring (bicyclic) bond motifs is 1. The van der Waals surface area contributed by atoms with E-state index in [9.17, 15) is 4.79 Å². The summed E-state index contributed by atoms with van der Waals surface area (Å²) in [7, 11) is 1.70. The molecule has 0 bridgehead atoms. The SMILES string of the molecule is CCCCc1cccc2c(=O)c(C3=CCC(OC)C=C3)c[nH]c12. The quantitative estimate of drug-likeness (QED) is 0.898. The summed E-state index contributed by atoms with van der Waals surface area (Å²) in [5.74, 6) is 0. The van der Waals surface area contributed by atoms with Crippen molar-refractivity contribution in [2.75, 3.05) is 7.11 Å². The van der Waals surface area contributed by atoms with Crippen LogP contribution in [0.5, 0.6) is 0 Å². The molecule has 0 fully saturated rings. The molecule has 1 atom stereocenters. The number of nitrogens with one attached hydrogen (secondary N) is 1. The molecule has 0 radical (unpaired) electrons. The Morgan fingerprint density at radius 3 is 2.91 bits per heavy atom. The van der Waals surface area contributed by atoms with Crippen LogP contribution in [-0.4, -0.2) is 18.2 Å². The highest BCUT2D eigenvalue weighted by molar-refractivity contribution is 5.86. The molecule has 0 spiro atoms. The minimum atomic E-state index is 0.101. The Kier molecular flexibility index (Phi) is 4.77. The van der Waals surface area contributed by atoms with Gasteiger partial charge in [-0.2, -0.15) is 0 Å². The Labute approximate surface area is 136 Å². The highest BCUT2D eigenvalue weighted by Crippen LogP contribution is 2.23. The number of rotatable bonds is 5. The number of methoxy groups -OCH3 is 1. The molecule has 0 saturated carbocycles. The van der Waals surface area contributed by atoms with Gasteiger partial charge >= 0.3 is 0 Å². The van der Waals surface area contributed by atoms with E-state index in [0.29, 0.717) is 0 Å². The van der Waals surface area contributed by atoms with Gasteiger partial charge in [0, 0.05) is 24.3 Å². The monoisotopic (exact) mass is 309 g/mol. The second kappa shape index (κ2) is 6.97. The molecule has 3 rings (SSSR count). The predicted octanol–water partition coefficient (Wildman–Crippen LogP) is 4.23. The summed E-state index contributed by atoms with van der Waals surface area (Å²) >= 11 is 0. The molecular formula is C20H23NO2. The maximum absolute atomic E-state index is 12.9. The molecular weight excluding hydrogens is 286 g/mol. The first-order chi connectivity index (χ1) is 11.2. The number of aryl methyl sites for hydroxylation is 1. The molecule has 2 aromatic rings. The molecule has 3 nitrogen and oxygen atoms in total. The molecule has 1 heterocycles. The number of aromatic amines is 1. The van der Waals surface area contributed by atoms with Crippen LogP contribution in [0.3, 0.4) is 0 Å². The molecule has 1 aromatic heterocycles. The lowest BCUT2D eigenvalue weighted by atomic mass is 9.96. The van der Waals surface area contributed by atoms with Crippen LogP contribution in [0.4, 0.5) is 0 Å². The van der Waals surface area contributed by atoms with Crippen molar-refractivity contribution in [1.29, 1.82) is 0 Å². The van der Waals surface area contributed by atoms with Crippen molar-refractivity contribution in [2.24, 2.45) is 0 Å². The van der Waals surface area contributed by atoms with Gasteiger partial charge in [-0.1, -0.05) is 43.7 Å². The van der Waals surface area contributed by atoms with Crippen molar-refractivity contribution in [1.82, 2.24) is 4.98 Å². The topological polar surface area (TPSA) is 42.1 Å². The van der Waals surface area contributed by atoms with Gasteiger partial charge in [-0.05, 0) is 36.5 Å². The van der Waals surface area contributed by atoms with E-state index < -0.39 is 0 Å². The van der Waals surface area contributed by atoms with Crippen LogP contribution < -0.4 is 5.43 Å². The van der Waals surface area contributed by atoms with Gasteiger partial charge in [0.15, 0.2) is 5.43 Å². The van der Waals surface area contributed by atoms with E-state index in [1.165, 1.54) is 5.56 Å². The Morgan fingerprint density at radius 1 is 1.35 bits per heavy atom. The Hall–Kier alpha value is -2.13. The van der Waals surface area contributed by atoms with Crippen molar-refractivity contribution in [3.05, 3.63) is 64.0 Å². The van der Waals surface area contributed by atoms with Crippen LogP contribution in [0, 0.1) is 0 Å². The minimum absolute atomic E-state index is 0.101. The van der Waals surface area contributed by atoms with E-state index in [-0.39, 0.29) is 11.5 Å². The Balaban J connectivity index is 2.02. The van der Waals surface area contributed by atoms with Crippen LogP contribution >= 0.6 is 0 Å². The van der Waals surface area contributed by atoms with Gasteiger partial charge in [-0.15, -0.1) is 0 Å². The highest BCUT2D eigenvalue weighted by atomic mass is 16.5. The normalized spacial score (nSPS) is 17.5. The number of aromatic nitrogens is 1. The van der Waals surface area contributed by atoms with E-state index in [1.807, 2.05) is 30.5 Å². The average Bonchev–Trinajstić information content (AvgIpc) is 2.60. The lowest BCUT2D eigenvalue weighted by Crippen LogP contribution is -2.13. The third kappa shape index (κ3) is 3.15. The Morgan fingerprint density at radius 2 is 2.22 bits per heavy atom. The van der Waals surface area contributed by atoms with E-state index in [4.69, 9.17) is 4.74 Å². The van der Waals surface area contributed by atoms with Crippen LogP contribution in [0.1, 0.15) is 37.3 Å². The van der Waals surface area contributed by atoms with Crippen LogP contribution in [-0.2, 0) is 11.2 Å². The first-order valence-corrected chi connectivity index (χ1v) is 8.29. The number of hydrogen-bond acceptors (Lipinski definition) is 2. The standard InChI is InChI=1S/C20H23NO2/c1-3-4-6-15-7-5-8-17-19(15)21-13-18(20(17)22)14-9-11-16(23-2)12-10-14/h5,7-11,13,16H,3-4,6,12H2,1-2H3,(H,21,22). The maximum atomic E-state index is 12.9. The van der Waals surface area contributed by atoms with E-state index >= 15 is 0 Å². The average molecular weight is 309 g/mol. The van der Waals surface area contributed by atoms with E-state index in [1.54, 1.807) is 7.11 Å². The summed E-state index contributed by atoms with van der Waals surface area (Å²) in [6, 6.07) is 6.01. The van der Waals surface area contributed by atoms with E-state index in [2.05, 4.69) is 24.1 Å². The molecule has 1 aromatic carbocycles. The predicted molar refractivity (Wildman–Crippen MR) is 95.7 cm³/mol. The van der Waals surface area contributed by atoms with Crippen LogP contribution in [0.15, 0.2) is 47.4 Å². The van der Waals surface area contributed by atoms with E-state index in [0.717, 1.165) is 47.7 Å². The molecule has 0 saturated heterocycles. The van der Waals surface area contributed by atoms with Crippen molar-refractivity contribution in [3.8, 4) is 0 Å². The Bertz CT molecular complexity index is 814. The minimum Gasteiger partial charge on any atom is -0.377 e. The molecule has 3 heteroatoms. The number of para-hydroxylation sites is 1. The summed E-state index contributed by atoms with van der Waals surface area (Å²) in [4.78, 5) is 16.2. The van der Waals surface area contributed by atoms with Gasteiger partial charge < -0.3 is 9.72 Å². The number of ether oxygens (including phenoxy) is 1. The molecule has 1 aliphatic rings. The summed E-state index contributed by atoms with van der Waals surface area (Å²) in [5, 5.41) is 0.777. The molecule has 1 aliphatic carbocycles. The fourth-order valence-corrected chi connectivity index (χ4v) is 3.08. The van der Waals surface area contributed by atoms with Gasteiger partial charge in [-0.25, -0.2) is 0 Å². The van der Waals surface area contributed by atoms with Crippen molar-refractivity contribution < 1.29 is 4.74 Å². The molecule has 1 N–H and O–H groups in total. The summed E-state index contributed by atoms with van der Waals surface area (Å²) in [6.45, 7) is 2.18. The van der Waals surface area contributed by atoms with Crippen molar-refractivity contribution in [3.63, 3.8) is 0 Å². The number of hydrogen-bond donors (Lipinski definition) is 1. The van der Waals surface area contributed by atoms with Crippen LogP contribution in [0.2, 0.25) is 0 Å². The fraction of sp³-hybridized carbons (Fsp3) is 0.350. The van der Waals surface area contributed by atoms with Gasteiger partial charge in [0.05, 0.1) is 11.6 Å². The second-order valence-corrected chi connectivity index (χ2v) is 6.00. The van der Waals surface area contributed by atoms with Crippen molar-refractivity contribution >= 4 is 16.5 Å². The molecule has 1 unspecified atom stereocenters. The molecule has 0 amide bonds. The lowest BCUT2D eigenvalue weighted by Gasteiger charge is -2.15. The third-order valence-corrected chi connectivity index (χ3v) is 4.47. The largest absolute Gasteiger partial charge is 0.377 e. The molecule has 120 valence electrons. The van der Waals surface area contributed by atoms with Gasteiger partial charge in [0.1, 0.15) is 0 Å². The number of benzene rings is 1. The number of unbranched alkanes of at least 4 members (excludes halogenated alkanes) is 1. The second-order valence-electron chi connectivity index (χ2n) is 6.00. The smallest absolute Gasteiger partial charge is 0.197 e. The zero-order valence-electron chi connectivity index (χ0n) is 13.8. The molecule has 23 heavy (non-hydrogen) atoms. The summed E-state index contributed by atoms with van der Waals surface area (Å²) in [6.07, 6.45) is 12.1. The van der Waals surface area contributed by atoms with Gasteiger partial charge in [0.25, 0.3) is 0 Å². The van der Waals surface area contributed by atoms with Crippen molar-refractivity contribution in [2.45, 2.75) is 38.7 Å². The zero-order chi connectivity index (χ0) is 16.2. The maximum Gasteiger partial charge on any atom is 0.197 e. The molecule has 0 aliphatic heterocycles. The lowest BCUT2D eigenvalue weighted by molar-refractivity contribution is 0.143. The van der Waals surface area contributed by atoms with Gasteiger partial charge in [0.2, 0.25) is 0 Å².